The van der Waals surface area contributed by atoms with Crippen molar-refractivity contribution in [3.63, 3.8) is 0 Å². The molecule has 8 heteroatoms. The lowest BCUT2D eigenvalue weighted by Crippen LogP contribution is -1.94. The van der Waals surface area contributed by atoms with E-state index in [1.54, 1.807) is 29.1 Å². The van der Waals surface area contributed by atoms with Crippen molar-refractivity contribution < 1.29 is 4.74 Å². The van der Waals surface area contributed by atoms with E-state index < -0.39 is 0 Å². The molecule has 4 aromatic heterocycles. The lowest BCUT2D eigenvalue weighted by Gasteiger charge is -2.05. The van der Waals surface area contributed by atoms with Crippen LogP contribution in [0.5, 0.6) is 11.8 Å². The van der Waals surface area contributed by atoms with Gasteiger partial charge in [-0.3, -0.25) is 14.8 Å². The van der Waals surface area contributed by atoms with E-state index in [1.807, 2.05) is 37.4 Å². The van der Waals surface area contributed by atoms with Crippen LogP contribution in [0.2, 0.25) is 0 Å². The third kappa shape index (κ3) is 3.00. The third-order valence-electron chi connectivity index (χ3n) is 4.47. The van der Waals surface area contributed by atoms with Crippen molar-refractivity contribution in [3.8, 4) is 24.1 Å². The van der Waals surface area contributed by atoms with Crippen LogP contribution in [0.3, 0.4) is 0 Å². The van der Waals surface area contributed by atoms with Crippen LogP contribution in [0.15, 0.2) is 54.7 Å². The van der Waals surface area contributed by atoms with Crippen molar-refractivity contribution >= 4 is 33.4 Å². The molecule has 0 amide bonds. The lowest BCUT2D eigenvalue weighted by atomic mass is 10.2. The minimum atomic E-state index is 0.400. The molecular weight excluding hydrogens is 366 g/mol. The monoisotopic (exact) mass is 381 g/mol. The number of fused-ring (bicyclic) bond motifs is 2. The molecule has 0 spiro atoms. The summed E-state index contributed by atoms with van der Waals surface area (Å²) in [5.74, 6) is 4.02. The number of aromatic nitrogens is 6. The summed E-state index contributed by atoms with van der Waals surface area (Å²) in [7, 11) is 1.86. The van der Waals surface area contributed by atoms with Crippen LogP contribution >= 0.6 is 0 Å². The summed E-state index contributed by atoms with van der Waals surface area (Å²) in [6.07, 6.45) is 7.14. The number of hydrogen-bond acceptors (Lipinski definition) is 6. The highest BCUT2D eigenvalue weighted by Gasteiger charge is 2.13. The smallest absolute Gasteiger partial charge is 0.247 e. The predicted octanol–water partition coefficient (Wildman–Crippen LogP) is 3.76. The van der Waals surface area contributed by atoms with Crippen LogP contribution < -0.4 is 10.1 Å². The first-order chi connectivity index (χ1) is 14.2. The second kappa shape index (κ2) is 6.65. The molecule has 0 aliphatic rings. The molecule has 5 aromatic rings. The van der Waals surface area contributed by atoms with E-state index in [9.17, 15) is 0 Å². The molecule has 140 valence electrons. The Kier molecular flexibility index (Phi) is 3.85. The molecule has 0 aliphatic carbocycles. The standard InChI is InChI=1S/C21H15N7O/c1-3-13-6-4-8-18(23-13)29-21-15-10-9-14(12-17(15)28(2)27-21)24-20-19-16(25-26-20)7-5-11-22-19/h1,4-12H,2H3,(H2,24,25,26). The minimum absolute atomic E-state index is 0.400. The number of anilines is 2. The highest BCUT2D eigenvalue weighted by molar-refractivity contribution is 5.91. The summed E-state index contributed by atoms with van der Waals surface area (Å²) >= 11 is 0. The van der Waals surface area contributed by atoms with Crippen molar-refractivity contribution in [2.24, 2.45) is 7.05 Å². The van der Waals surface area contributed by atoms with E-state index in [-0.39, 0.29) is 0 Å². The Labute approximate surface area is 165 Å². The molecule has 5 rings (SSSR count). The molecule has 0 aliphatic heterocycles. The number of aromatic amines is 1. The van der Waals surface area contributed by atoms with Gasteiger partial charge in [-0.05, 0) is 36.4 Å². The SMILES string of the molecule is C#Cc1cccc(Oc2nn(C)c3cc(Nc4n[nH]c5cccnc45)ccc23)n1. The van der Waals surface area contributed by atoms with Crippen LogP contribution in [-0.2, 0) is 7.05 Å². The van der Waals surface area contributed by atoms with E-state index in [1.165, 1.54) is 0 Å². The van der Waals surface area contributed by atoms with E-state index in [0.29, 0.717) is 23.3 Å². The fraction of sp³-hybridized carbons (Fsp3) is 0.0476. The Morgan fingerprint density at radius 1 is 1.17 bits per heavy atom. The van der Waals surface area contributed by atoms with Gasteiger partial charge in [0, 0.05) is 25.0 Å². The molecule has 1 aromatic carbocycles. The third-order valence-corrected chi connectivity index (χ3v) is 4.47. The second-order valence-electron chi connectivity index (χ2n) is 6.36. The molecule has 8 nitrogen and oxygen atoms in total. The van der Waals surface area contributed by atoms with E-state index in [4.69, 9.17) is 11.2 Å². The number of nitrogens with zero attached hydrogens (tertiary/aromatic N) is 5. The zero-order chi connectivity index (χ0) is 19.8. The van der Waals surface area contributed by atoms with Gasteiger partial charge < -0.3 is 10.1 Å². The van der Waals surface area contributed by atoms with Crippen LogP contribution in [-0.4, -0.2) is 29.9 Å². The van der Waals surface area contributed by atoms with Crippen molar-refractivity contribution in [2.75, 3.05) is 5.32 Å². The van der Waals surface area contributed by atoms with Gasteiger partial charge in [0.25, 0.3) is 0 Å². The Hall–Kier alpha value is -4.38. The van der Waals surface area contributed by atoms with Gasteiger partial charge in [0.05, 0.1) is 16.4 Å². The number of benzene rings is 1. The Bertz CT molecular complexity index is 1390. The maximum atomic E-state index is 5.87. The van der Waals surface area contributed by atoms with Gasteiger partial charge in [0.1, 0.15) is 11.2 Å². The van der Waals surface area contributed by atoms with Gasteiger partial charge in [-0.2, -0.15) is 5.10 Å². The Balaban J connectivity index is 1.48. The summed E-state index contributed by atoms with van der Waals surface area (Å²) in [5, 5.41) is 15.9. The minimum Gasteiger partial charge on any atom is -0.418 e. The average molecular weight is 381 g/mol. The van der Waals surface area contributed by atoms with E-state index in [0.717, 1.165) is 27.6 Å². The predicted molar refractivity (Wildman–Crippen MR) is 110 cm³/mol. The highest BCUT2D eigenvalue weighted by Crippen LogP contribution is 2.31. The van der Waals surface area contributed by atoms with Gasteiger partial charge >= 0.3 is 0 Å². The van der Waals surface area contributed by atoms with Crippen molar-refractivity contribution in [2.45, 2.75) is 0 Å². The summed E-state index contributed by atoms with van der Waals surface area (Å²) < 4.78 is 7.62. The molecule has 4 heterocycles. The van der Waals surface area contributed by atoms with Crippen LogP contribution in [0.4, 0.5) is 11.5 Å². The van der Waals surface area contributed by atoms with Crippen molar-refractivity contribution in [1.82, 2.24) is 29.9 Å². The normalized spacial score (nSPS) is 10.9. The molecular formula is C21H15N7O. The topological polar surface area (TPSA) is 93.5 Å². The maximum Gasteiger partial charge on any atom is 0.247 e. The molecule has 0 bridgehead atoms. The lowest BCUT2D eigenvalue weighted by molar-refractivity contribution is 0.441. The quantitative estimate of drug-likeness (QED) is 0.461. The number of nitrogens with one attached hydrogen (secondary N) is 2. The number of pyridine rings is 2. The average Bonchev–Trinajstić information content (AvgIpc) is 3.29. The molecule has 0 atom stereocenters. The summed E-state index contributed by atoms with van der Waals surface area (Å²) in [5.41, 5.74) is 3.91. The number of H-pyrrole nitrogens is 1. The zero-order valence-corrected chi connectivity index (χ0v) is 15.4. The fourth-order valence-corrected chi connectivity index (χ4v) is 3.11. The fourth-order valence-electron chi connectivity index (χ4n) is 3.11. The van der Waals surface area contributed by atoms with Gasteiger partial charge in [-0.1, -0.05) is 12.0 Å². The van der Waals surface area contributed by atoms with Gasteiger partial charge in [-0.25, -0.2) is 4.98 Å². The largest absolute Gasteiger partial charge is 0.418 e. The van der Waals surface area contributed by atoms with Crippen LogP contribution in [0.1, 0.15) is 5.69 Å². The van der Waals surface area contributed by atoms with Crippen LogP contribution in [0, 0.1) is 12.3 Å². The summed E-state index contributed by atoms with van der Waals surface area (Å²) in [4.78, 5) is 8.63. The number of aryl methyl sites for hydroxylation is 1. The van der Waals surface area contributed by atoms with E-state index in [2.05, 4.69) is 36.5 Å². The molecule has 0 fully saturated rings. The number of terminal acetylenes is 1. The van der Waals surface area contributed by atoms with Crippen LogP contribution in [0.25, 0.3) is 21.9 Å². The second-order valence-corrected chi connectivity index (χ2v) is 6.36. The number of hydrogen-bond donors (Lipinski definition) is 2. The van der Waals surface area contributed by atoms with Crippen molar-refractivity contribution in [1.29, 1.82) is 0 Å². The van der Waals surface area contributed by atoms with Gasteiger partial charge in [-0.15, -0.1) is 11.5 Å². The maximum absolute atomic E-state index is 5.87. The Morgan fingerprint density at radius 3 is 3.00 bits per heavy atom. The molecule has 0 saturated heterocycles. The molecule has 0 unspecified atom stereocenters. The van der Waals surface area contributed by atoms with Crippen molar-refractivity contribution in [3.05, 3.63) is 60.4 Å². The first-order valence-electron chi connectivity index (χ1n) is 8.85. The van der Waals surface area contributed by atoms with Gasteiger partial charge in [0.15, 0.2) is 5.82 Å². The highest BCUT2D eigenvalue weighted by atomic mass is 16.5. The summed E-state index contributed by atoms with van der Waals surface area (Å²) in [6.45, 7) is 0. The zero-order valence-electron chi connectivity index (χ0n) is 15.4. The number of rotatable bonds is 4. The van der Waals surface area contributed by atoms with E-state index >= 15 is 0 Å². The molecule has 0 saturated carbocycles. The number of ether oxygens (including phenoxy) is 1. The first-order valence-corrected chi connectivity index (χ1v) is 8.85. The summed E-state index contributed by atoms with van der Waals surface area (Å²) in [6, 6.07) is 14.9. The Morgan fingerprint density at radius 2 is 2.10 bits per heavy atom. The molecule has 29 heavy (non-hydrogen) atoms. The molecule has 2 N–H and O–H groups in total. The first kappa shape index (κ1) is 16.8. The van der Waals surface area contributed by atoms with Gasteiger partial charge in [0.2, 0.25) is 11.8 Å². The molecule has 0 radical (unpaired) electrons.